The fraction of sp³-hybridized carbons (Fsp3) is 0.500. The van der Waals surface area contributed by atoms with Crippen LogP contribution in [0.4, 0.5) is 8.78 Å². The molecular weight excluding hydrogens is 250 g/mol. The topological polar surface area (TPSA) is 46.3 Å². The first-order valence-corrected chi connectivity index (χ1v) is 6.48. The Bertz CT molecular complexity index is 479. The molecule has 1 fully saturated rings. The summed E-state index contributed by atoms with van der Waals surface area (Å²) >= 11 is 0. The van der Waals surface area contributed by atoms with Gasteiger partial charge in [0.2, 0.25) is 0 Å². The minimum absolute atomic E-state index is 0.0777. The fourth-order valence-corrected chi connectivity index (χ4v) is 2.45. The lowest BCUT2D eigenvalue weighted by molar-refractivity contribution is 0.0793. The molecule has 5 heteroatoms. The molecule has 1 aliphatic rings. The molecule has 0 bridgehead atoms. The molecule has 0 aliphatic carbocycles. The number of Topliss-reactive ketones (excluding diaryl/α,β-unsaturated/α-hetero) is 1. The van der Waals surface area contributed by atoms with Crippen molar-refractivity contribution in [2.24, 2.45) is 5.73 Å². The van der Waals surface area contributed by atoms with Crippen LogP contribution in [-0.2, 0) is 0 Å². The Labute approximate surface area is 111 Å². The van der Waals surface area contributed by atoms with Crippen LogP contribution in [-0.4, -0.2) is 35.9 Å². The highest BCUT2D eigenvalue weighted by Crippen LogP contribution is 2.16. The predicted molar refractivity (Wildman–Crippen MR) is 68.9 cm³/mol. The highest BCUT2D eigenvalue weighted by molar-refractivity contribution is 5.99. The molecule has 0 spiro atoms. The summed E-state index contributed by atoms with van der Waals surface area (Å²) in [4.78, 5) is 14.2. The number of piperidine rings is 1. The van der Waals surface area contributed by atoms with Crippen molar-refractivity contribution < 1.29 is 13.6 Å². The van der Waals surface area contributed by atoms with Gasteiger partial charge in [-0.2, -0.15) is 0 Å². The van der Waals surface area contributed by atoms with Crippen molar-refractivity contribution in [3.8, 4) is 0 Å². The summed E-state index contributed by atoms with van der Waals surface area (Å²) in [5.41, 5.74) is 6.08. The maximum Gasteiger partial charge on any atom is 0.179 e. The first-order chi connectivity index (χ1) is 8.99. The fourth-order valence-electron chi connectivity index (χ4n) is 2.45. The third-order valence-corrected chi connectivity index (χ3v) is 3.62. The average Bonchev–Trinajstić information content (AvgIpc) is 2.40. The van der Waals surface area contributed by atoms with Crippen LogP contribution >= 0.6 is 0 Å². The normalized spacial score (nSPS) is 22.2. The molecule has 1 aliphatic heterocycles. The van der Waals surface area contributed by atoms with E-state index in [1.165, 1.54) is 6.07 Å². The number of likely N-dealkylation sites (tertiary alicyclic amines) is 1. The number of carbonyl (C=O) groups is 1. The quantitative estimate of drug-likeness (QED) is 0.852. The van der Waals surface area contributed by atoms with Gasteiger partial charge in [-0.15, -0.1) is 0 Å². The van der Waals surface area contributed by atoms with E-state index in [-0.39, 0.29) is 23.4 Å². The van der Waals surface area contributed by atoms with E-state index in [1.54, 1.807) is 6.92 Å². The Kier molecular flexibility index (Phi) is 4.27. The summed E-state index contributed by atoms with van der Waals surface area (Å²) < 4.78 is 26.0. The Balaban J connectivity index is 2.11. The molecule has 2 unspecified atom stereocenters. The number of rotatable bonds is 3. The number of nitrogens with zero attached hydrogens (tertiary/aromatic N) is 1. The molecule has 104 valence electrons. The second kappa shape index (κ2) is 5.75. The summed E-state index contributed by atoms with van der Waals surface area (Å²) in [6.07, 6.45) is 1.92. The first kappa shape index (κ1) is 14.1. The van der Waals surface area contributed by atoms with Gasteiger partial charge in [0, 0.05) is 18.2 Å². The zero-order valence-corrected chi connectivity index (χ0v) is 10.9. The summed E-state index contributed by atoms with van der Waals surface area (Å²) in [6, 6.07) is 2.97. The average molecular weight is 268 g/mol. The van der Waals surface area contributed by atoms with Crippen molar-refractivity contribution in [3.63, 3.8) is 0 Å². The molecular formula is C14H18F2N2O. The lowest BCUT2D eigenvalue weighted by atomic mass is 9.99. The molecule has 0 radical (unpaired) electrons. The van der Waals surface area contributed by atoms with Crippen LogP contribution in [0.1, 0.15) is 30.1 Å². The van der Waals surface area contributed by atoms with Crippen molar-refractivity contribution in [1.82, 2.24) is 4.90 Å². The molecule has 0 amide bonds. The van der Waals surface area contributed by atoms with E-state index in [0.717, 1.165) is 31.5 Å². The van der Waals surface area contributed by atoms with Gasteiger partial charge in [-0.05, 0) is 44.5 Å². The number of carbonyl (C=O) groups excluding carboxylic acids is 1. The number of nitrogens with two attached hydrogens (primary N) is 1. The summed E-state index contributed by atoms with van der Waals surface area (Å²) in [5.74, 6) is -2.13. The molecule has 2 atom stereocenters. The third kappa shape index (κ3) is 3.16. The maximum atomic E-state index is 13.1. The maximum absolute atomic E-state index is 13.1. The minimum Gasteiger partial charge on any atom is -0.327 e. The van der Waals surface area contributed by atoms with Crippen LogP contribution < -0.4 is 5.73 Å². The Morgan fingerprint density at radius 2 is 2.16 bits per heavy atom. The van der Waals surface area contributed by atoms with Crippen molar-refractivity contribution in [2.75, 3.05) is 13.1 Å². The first-order valence-electron chi connectivity index (χ1n) is 6.48. The van der Waals surface area contributed by atoms with E-state index in [2.05, 4.69) is 0 Å². The molecule has 19 heavy (non-hydrogen) atoms. The van der Waals surface area contributed by atoms with E-state index in [0.29, 0.717) is 6.54 Å². The molecule has 1 saturated heterocycles. The van der Waals surface area contributed by atoms with Crippen LogP contribution in [0.2, 0.25) is 0 Å². The van der Waals surface area contributed by atoms with E-state index < -0.39 is 11.6 Å². The molecule has 0 saturated carbocycles. The van der Waals surface area contributed by atoms with Gasteiger partial charge in [-0.3, -0.25) is 9.69 Å². The zero-order chi connectivity index (χ0) is 14.0. The smallest absolute Gasteiger partial charge is 0.179 e. The summed E-state index contributed by atoms with van der Waals surface area (Å²) in [7, 11) is 0. The largest absolute Gasteiger partial charge is 0.327 e. The highest BCUT2D eigenvalue weighted by Gasteiger charge is 2.26. The number of ketones is 1. The third-order valence-electron chi connectivity index (χ3n) is 3.62. The lowest BCUT2D eigenvalue weighted by Crippen LogP contribution is -2.49. The molecule has 1 aromatic rings. The number of hydrogen-bond donors (Lipinski definition) is 1. The van der Waals surface area contributed by atoms with Gasteiger partial charge in [0.25, 0.3) is 0 Å². The molecule has 3 nitrogen and oxygen atoms in total. The Morgan fingerprint density at radius 3 is 2.79 bits per heavy atom. The van der Waals surface area contributed by atoms with E-state index >= 15 is 0 Å². The zero-order valence-electron chi connectivity index (χ0n) is 10.9. The predicted octanol–water partition coefficient (Wildman–Crippen LogP) is 1.96. The van der Waals surface area contributed by atoms with Gasteiger partial charge < -0.3 is 5.73 Å². The van der Waals surface area contributed by atoms with Gasteiger partial charge in [0.1, 0.15) is 0 Å². The van der Waals surface area contributed by atoms with Gasteiger partial charge in [-0.1, -0.05) is 0 Å². The van der Waals surface area contributed by atoms with E-state index in [9.17, 15) is 13.6 Å². The highest BCUT2D eigenvalue weighted by atomic mass is 19.2. The van der Waals surface area contributed by atoms with Crippen LogP contribution in [0.15, 0.2) is 18.2 Å². The monoisotopic (exact) mass is 268 g/mol. The summed E-state index contributed by atoms with van der Waals surface area (Å²) in [6.45, 7) is 3.25. The molecule has 2 N–H and O–H groups in total. The SMILES string of the molecule is CC(C(=O)c1ccc(F)c(F)c1)N1CCCC(N)C1. The lowest BCUT2D eigenvalue weighted by Gasteiger charge is -2.34. The second-order valence-corrected chi connectivity index (χ2v) is 5.07. The van der Waals surface area contributed by atoms with Gasteiger partial charge in [0.05, 0.1) is 6.04 Å². The van der Waals surface area contributed by atoms with Crippen LogP contribution in [0, 0.1) is 11.6 Å². The van der Waals surface area contributed by atoms with Crippen molar-refractivity contribution >= 4 is 5.78 Å². The van der Waals surface area contributed by atoms with Crippen LogP contribution in [0.3, 0.4) is 0 Å². The number of hydrogen-bond acceptors (Lipinski definition) is 3. The van der Waals surface area contributed by atoms with Crippen molar-refractivity contribution in [1.29, 1.82) is 0 Å². The van der Waals surface area contributed by atoms with Crippen LogP contribution in [0.25, 0.3) is 0 Å². The molecule has 2 rings (SSSR count). The van der Waals surface area contributed by atoms with Gasteiger partial charge >= 0.3 is 0 Å². The number of halogens is 2. The second-order valence-electron chi connectivity index (χ2n) is 5.07. The summed E-state index contributed by atoms with van der Waals surface area (Å²) in [5, 5.41) is 0. The Morgan fingerprint density at radius 1 is 1.42 bits per heavy atom. The van der Waals surface area contributed by atoms with Crippen LogP contribution in [0.5, 0.6) is 0 Å². The van der Waals surface area contributed by atoms with Crippen molar-refractivity contribution in [2.45, 2.75) is 31.8 Å². The molecule has 1 aromatic carbocycles. The van der Waals surface area contributed by atoms with E-state index in [4.69, 9.17) is 5.73 Å². The van der Waals surface area contributed by atoms with Gasteiger partial charge in [0.15, 0.2) is 17.4 Å². The molecule has 1 heterocycles. The van der Waals surface area contributed by atoms with Gasteiger partial charge in [-0.25, -0.2) is 8.78 Å². The van der Waals surface area contributed by atoms with E-state index in [1.807, 2.05) is 4.90 Å². The molecule has 0 aromatic heterocycles. The van der Waals surface area contributed by atoms with Crippen molar-refractivity contribution in [3.05, 3.63) is 35.4 Å². The number of benzene rings is 1. The standard InChI is InChI=1S/C14H18F2N2O/c1-9(18-6-2-3-11(17)8-18)14(19)10-4-5-12(15)13(16)7-10/h4-5,7,9,11H,2-3,6,8,17H2,1H3. The Hall–Kier alpha value is -1.33. The minimum atomic E-state index is -0.992.